The van der Waals surface area contributed by atoms with Gasteiger partial charge >= 0.3 is 39.5 Å². The van der Waals surface area contributed by atoms with Crippen molar-refractivity contribution in [3.63, 3.8) is 0 Å². The average Bonchev–Trinajstić information content (AvgIpc) is 1.44. The van der Waals surface area contributed by atoms with Gasteiger partial charge in [0, 0.05) is 25.7 Å². The minimum Gasteiger partial charge on any atom is -0.462 e. The van der Waals surface area contributed by atoms with Crippen molar-refractivity contribution in [2.75, 3.05) is 39.6 Å². The van der Waals surface area contributed by atoms with Crippen molar-refractivity contribution >= 4 is 39.5 Å². The van der Waals surface area contributed by atoms with E-state index in [2.05, 4.69) is 41.5 Å². The Labute approximate surface area is 594 Å². The first-order valence-corrected chi connectivity index (χ1v) is 43.5. The van der Waals surface area contributed by atoms with Crippen molar-refractivity contribution in [1.82, 2.24) is 0 Å². The number of ether oxygens (including phenoxy) is 4. The molecule has 19 heteroatoms. The highest BCUT2D eigenvalue weighted by molar-refractivity contribution is 7.47. The van der Waals surface area contributed by atoms with E-state index in [9.17, 15) is 43.2 Å². The van der Waals surface area contributed by atoms with Crippen LogP contribution in [0.2, 0.25) is 0 Å². The third kappa shape index (κ3) is 72.2. The smallest absolute Gasteiger partial charge is 0.462 e. The van der Waals surface area contributed by atoms with Crippen LogP contribution in [-0.4, -0.2) is 96.7 Å². The van der Waals surface area contributed by atoms with E-state index in [0.29, 0.717) is 25.7 Å². The van der Waals surface area contributed by atoms with Crippen molar-refractivity contribution < 1.29 is 80.2 Å². The van der Waals surface area contributed by atoms with Gasteiger partial charge in [-0.15, -0.1) is 0 Å². The number of unbranched alkanes of at least 4 members (excludes halogenated alkanes) is 47. The van der Waals surface area contributed by atoms with Gasteiger partial charge in [0.25, 0.3) is 0 Å². The van der Waals surface area contributed by atoms with E-state index in [1.807, 2.05) is 0 Å². The zero-order chi connectivity index (χ0) is 71.4. The largest absolute Gasteiger partial charge is 0.472 e. The molecule has 0 radical (unpaired) electrons. The zero-order valence-corrected chi connectivity index (χ0v) is 65.2. The Bertz CT molecular complexity index is 1870. The van der Waals surface area contributed by atoms with E-state index in [1.165, 1.54) is 218 Å². The van der Waals surface area contributed by atoms with E-state index in [-0.39, 0.29) is 25.7 Å². The maximum Gasteiger partial charge on any atom is 0.472 e. The van der Waals surface area contributed by atoms with Crippen molar-refractivity contribution in [2.45, 2.75) is 426 Å². The van der Waals surface area contributed by atoms with E-state index >= 15 is 0 Å². The third-order valence-electron chi connectivity index (χ3n) is 18.2. The lowest BCUT2D eigenvalue weighted by Crippen LogP contribution is -2.30. The van der Waals surface area contributed by atoms with Crippen LogP contribution in [0.25, 0.3) is 0 Å². The molecule has 5 atom stereocenters. The highest BCUT2D eigenvalue weighted by Gasteiger charge is 2.30. The fourth-order valence-corrected chi connectivity index (χ4v) is 13.6. The average molecular weight is 1420 g/mol. The van der Waals surface area contributed by atoms with Crippen LogP contribution in [0, 0.1) is 11.8 Å². The normalized spacial score (nSPS) is 14.0. The standard InChI is InChI=1S/C78H152O17P2/c1-7-9-11-13-15-17-18-19-20-21-22-26-32-37-43-49-55-61-76(81)89-67-74(95-77(82)62-56-50-44-38-33-27-24-23-25-30-35-40-46-52-58-70(3)4)69-93-97(86,87)91-65-72(79)64-90-96(84,85)92-68-73(66-88-75(80)60-54-48-42-16-14-12-10-8-2)94-78(83)63-57-51-45-39-34-29-28-31-36-41-47-53-59-71(5)6/h70-74,79H,7-69H2,1-6H3,(H,84,85)(H,86,87)/t72-,73+,74+/m0/s1. The molecule has 3 N–H and O–H groups in total. The van der Waals surface area contributed by atoms with Crippen LogP contribution < -0.4 is 0 Å². The van der Waals surface area contributed by atoms with Gasteiger partial charge in [0.05, 0.1) is 26.4 Å². The SMILES string of the molecule is CCCCCCCCCCCCCCCCCCCC(=O)OC[C@H](COP(=O)(O)OC[C@@H](O)COP(=O)(O)OC[C@@H](COC(=O)CCCCCCCCCC)OC(=O)CCCCCCCCCCCCCCC(C)C)OC(=O)CCCCCCCCCCCCCCCCC(C)C. The molecule has 0 spiro atoms. The summed E-state index contributed by atoms with van der Waals surface area (Å²) in [6, 6.07) is 0. The Morgan fingerprint density at radius 3 is 0.701 bits per heavy atom. The molecule has 0 saturated heterocycles. The molecule has 0 aliphatic rings. The summed E-state index contributed by atoms with van der Waals surface area (Å²) < 4.78 is 68.6. The first-order valence-electron chi connectivity index (χ1n) is 40.5. The minimum absolute atomic E-state index is 0.107. The molecule has 0 aliphatic heterocycles. The fourth-order valence-electron chi connectivity index (χ4n) is 12.0. The van der Waals surface area contributed by atoms with Crippen LogP contribution in [0.1, 0.15) is 408 Å². The fraction of sp³-hybridized carbons (Fsp3) is 0.949. The summed E-state index contributed by atoms with van der Waals surface area (Å²) in [4.78, 5) is 72.8. The lowest BCUT2D eigenvalue weighted by Gasteiger charge is -2.21. The quantitative estimate of drug-likeness (QED) is 0.0222. The maximum atomic E-state index is 13.1. The van der Waals surface area contributed by atoms with Crippen LogP contribution in [-0.2, 0) is 65.4 Å². The van der Waals surface area contributed by atoms with Crippen LogP contribution in [0.3, 0.4) is 0 Å². The topological polar surface area (TPSA) is 237 Å². The van der Waals surface area contributed by atoms with Gasteiger partial charge in [-0.05, 0) is 37.5 Å². The highest BCUT2D eigenvalue weighted by atomic mass is 31.2. The van der Waals surface area contributed by atoms with E-state index in [1.54, 1.807) is 0 Å². The number of carbonyl (C=O) groups is 4. The number of carbonyl (C=O) groups excluding carboxylic acids is 4. The van der Waals surface area contributed by atoms with Gasteiger partial charge in [-0.25, -0.2) is 9.13 Å². The molecule has 17 nitrogen and oxygen atoms in total. The summed E-state index contributed by atoms with van der Waals surface area (Å²) in [7, 11) is -9.91. The predicted molar refractivity (Wildman–Crippen MR) is 395 cm³/mol. The summed E-state index contributed by atoms with van der Waals surface area (Å²) in [5.41, 5.74) is 0. The van der Waals surface area contributed by atoms with Crippen LogP contribution >= 0.6 is 15.6 Å². The van der Waals surface area contributed by atoms with Crippen molar-refractivity contribution in [3.05, 3.63) is 0 Å². The molecule has 0 aromatic heterocycles. The van der Waals surface area contributed by atoms with Gasteiger partial charge in [-0.3, -0.25) is 37.3 Å². The molecule has 576 valence electrons. The monoisotopic (exact) mass is 1420 g/mol. The molecule has 0 aliphatic carbocycles. The molecule has 0 fully saturated rings. The Kier molecular flexibility index (Phi) is 68.4. The van der Waals surface area contributed by atoms with Crippen LogP contribution in [0.5, 0.6) is 0 Å². The minimum atomic E-state index is -4.96. The van der Waals surface area contributed by atoms with Gasteiger partial charge in [0.1, 0.15) is 19.3 Å². The molecular weight excluding hydrogens is 1270 g/mol. The number of rotatable bonds is 77. The first-order chi connectivity index (χ1) is 46.9. The Morgan fingerprint density at radius 2 is 0.474 bits per heavy atom. The molecule has 0 amide bonds. The molecule has 0 aromatic carbocycles. The Hall–Kier alpha value is -1.94. The number of phosphoric ester groups is 2. The van der Waals surface area contributed by atoms with Crippen molar-refractivity contribution in [1.29, 1.82) is 0 Å². The lowest BCUT2D eigenvalue weighted by molar-refractivity contribution is -0.161. The lowest BCUT2D eigenvalue weighted by atomic mass is 10.0. The molecule has 0 saturated carbocycles. The Morgan fingerprint density at radius 1 is 0.278 bits per heavy atom. The van der Waals surface area contributed by atoms with Crippen molar-refractivity contribution in [3.8, 4) is 0 Å². The van der Waals surface area contributed by atoms with Crippen molar-refractivity contribution in [2.24, 2.45) is 11.8 Å². The van der Waals surface area contributed by atoms with Crippen LogP contribution in [0.15, 0.2) is 0 Å². The summed E-state index contributed by atoms with van der Waals surface area (Å²) in [5.74, 6) is -0.542. The summed E-state index contributed by atoms with van der Waals surface area (Å²) >= 11 is 0. The summed E-state index contributed by atoms with van der Waals surface area (Å²) in [5, 5.41) is 10.6. The van der Waals surface area contributed by atoms with Gasteiger partial charge in [0.2, 0.25) is 0 Å². The predicted octanol–water partition coefficient (Wildman–Crippen LogP) is 23.1. The van der Waals surface area contributed by atoms with Crippen LogP contribution in [0.4, 0.5) is 0 Å². The van der Waals surface area contributed by atoms with Gasteiger partial charge in [0.15, 0.2) is 12.2 Å². The number of aliphatic hydroxyl groups is 1. The summed E-state index contributed by atoms with van der Waals surface area (Å²) in [6.07, 6.45) is 58.3. The molecule has 97 heavy (non-hydrogen) atoms. The second-order valence-corrected chi connectivity index (χ2v) is 32.0. The van der Waals surface area contributed by atoms with E-state index < -0.39 is 97.5 Å². The molecule has 0 aromatic rings. The zero-order valence-electron chi connectivity index (χ0n) is 63.4. The first kappa shape index (κ1) is 95.1. The molecule has 0 rings (SSSR count). The maximum absolute atomic E-state index is 13.1. The third-order valence-corrected chi connectivity index (χ3v) is 20.1. The number of aliphatic hydroxyl groups excluding tert-OH is 1. The number of esters is 4. The van der Waals surface area contributed by atoms with E-state index in [4.69, 9.17) is 37.0 Å². The second-order valence-electron chi connectivity index (χ2n) is 29.1. The van der Waals surface area contributed by atoms with Gasteiger partial charge in [-0.2, -0.15) is 0 Å². The van der Waals surface area contributed by atoms with Gasteiger partial charge in [-0.1, -0.05) is 356 Å². The molecule has 0 bridgehead atoms. The number of hydrogen-bond acceptors (Lipinski definition) is 15. The molecule has 2 unspecified atom stereocenters. The van der Waals surface area contributed by atoms with E-state index in [0.717, 1.165) is 108 Å². The molecule has 0 heterocycles. The Balaban J connectivity index is 5.21. The second kappa shape index (κ2) is 69.8. The van der Waals surface area contributed by atoms with Gasteiger partial charge < -0.3 is 33.8 Å². The number of hydrogen-bond donors (Lipinski definition) is 3. The highest BCUT2D eigenvalue weighted by Crippen LogP contribution is 2.45. The molecular formula is C78H152O17P2. The number of phosphoric acid groups is 2. The summed E-state index contributed by atoms with van der Waals surface area (Å²) in [6.45, 7) is 9.62.